The van der Waals surface area contributed by atoms with E-state index in [2.05, 4.69) is 19.2 Å². The van der Waals surface area contributed by atoms with Gasteiger partial charge < -0.3 is 10.1 Å². The van der Waals surface area contributed by atoms with Gasteiger partial charge in [0, 0.05) is 25.2 Å². The molecule has 1 heterocycles. The lowest BCUT2D eigenvalue weighted by atomic mass is 10.0. The van der Waals surface area contributed by atoms with E-state index in [9.17, 15) is 13.2 Å². The minimum atomic E-state index is -3.49. The minimum absolute atomic E-state index is 0.0593. The second kappa shape index (κ2) is 9.52. The van der Waals surface area contributed by atoms with E-state index in [1.165, 1.54) is 9.87 Å². The monoisotopic (exact) mass is 416 g/mol. The Kier molecular flexibility index (Phi) is 7.05. The zero-order valence-corrected chi connectivity index (χ0v) is 17.7. The maximum absolute atomic E-state index is 12.6. The third-order valence-electron chi connectivity index (χ3n) is 5.01. The molecule has 29 heavy (non-hydrogen) atoms. The lowest BCUT2D eigenvalue weighted by Gasteiger charge is -2.26. The van der Waals surface area contributed by atoms with Gasteiger partial charge in [-0.15, -0.1) is 0 Å². The molecule has 0 saturated carbocycles. The number of carbonyl (C=O) groups is 1. The highest BCUT2D eigenvalue weighted by molar-refractivity contribution is 7.89. The van der Waals surface area contributed by atoms with Gasteiger partial charge in [0.05, 0.1) is 18.1 Å². The van der Waals surface area contributed by atoms with Crippen LogP contribution in [0.15, 0.2) is 53.4 Å². The number of benzene rings is 2. The molecule has 3 rings (SSSR count). The van der Waals surface area contributed by atoms with Gasteiger partial charge >= 0.3 is 0 Å². The topological polar surface area (TPSA) is 75.7 Å². The van der Waals surface area contributed by atoms with E-state index in [1.54, 1.807) is 24.3 Å². The fourth-order valence-electron chi connectivity index (χ4n) is 3.22. The SMILES string of the molecule is CC(C)c1cccc(NC(=O)CCc2ccc(S(=O)(=O)N3CCOCC3)cc2)c1. The molecule has 0 aliphatic carbocycles. The summed E-state index contributed by atoms with van der Waals surface area (Å²) < 4.78 is 32.0. The highest BCUT2D eigenvalue weighted by atomic mass is 32.2. The summed E-state index contributed by atoms with van der Waals surface area (Å²) in [5.74, 6) is 0.343. The highest BCUT2D eigenvalue weighted by Gasteiger charge is 2.26. The summed E-state index contributed by atoms with van der Waals surface area (Å²) in [6.07, 6.45) is 0.884. The van der Waals surface area contributed by atoms with Crippen LogP contribution in [-0.2, 0) is 26.0 Å². The summed E-state index contributed by atoms with van der Waals surface area (Å²) in [7, 11) is -3.49. The van der Waals surface area contributed by atoms with E-state index in [0.717, 1.165) is 11.3 Å². The van der Waals surface area contributed by atoms with Crippen LogP contribution in [0.3, 0.4) is 0 Å². The van der Waals surface area contributed by atoms with Gasteiger partial charge in [0.15, 0.2) is 0 Å². The van der Waals surface area contributed by atoms with Crippen molar-refractivity contribution < 1.29 is 17.9 Å². The molecule has 0 atom stereocenters. The Labute approximate surface area is 172 Å². The number of amides is 1. The van der Waals surface area contributed by atoms with Crippen LogP contribution in [0.2, 0.25) is 0 Å². The zero-order chi connectivity index (χ0) is 20.9. The quantitative estimate of drug-likeness (QED) is 0.751. The molecule has 0 radical (unpaired) electrons. The number of hydrogen-bond donors (Lipinski definition) is 1. The summed E-state index contributed by atoms with van der Waals surface area (Å²) in [4.78, 5) is 12.6. The van der Waals surface area contributed by atoms with Crippen LogP contribution in [0.5, 0.6) is 0 Å². The third kappa shape index (κ3) is 5.65. The van der Waals surface area contributed by atoms with Crippen molar-refractivity contribution in [1.82, 2.24) is 4.31 Å². The molecule has 7 heteroatoms. The molecule has 1 aliphatic rings. The number of nitrogens with one attached hydrogen (secondary N) is 1. The Bertz CT molecular complexity index is 934. The second-order valence-electron chi connectivity index (χ2n) is 7.49. The maximum atomic E-state index is 12.6. The second-order valence-corrected chi connectivity index (χ2v) is 9.43. The molecule has 156 valence electrons. The summed E-state index contributed by atoms with van der Waals surface area (Å²) in [5, 5.41) is 2.93. The maximum Gasteiger partial charge on any atom is 0.243 e. The predicted molar refractivity (Wildman–Crippen MR) is 114 cm³/mol. The first kappa shape index (κ1) is 21.5. The number of morpholine rings is 1. The van der Waals surface area contributed by atoms with Crippen molar-refractivity contribution in [2.45, 2.75) is 37.5 Å². The number of nitrogens with zero attached hydrogens (tertiary/aromatic N) is 1. The molecule has 1 N–H and O–H groups in total. The number of rotatable bonds is 7. The first-order valence-corrected chi connectivity index (χ1v) is 11.4. The molecule has 1 aliphatic heterocycles. The number of sulfonamides is 1. The molecule has 1 saturated heterocycles. The Morgan fingerprint density at radius 1 is 1.10 bits per heavy atom. The van der Waals surface area contributed by atoms with Crippen molar-refractivity contribution in [3.63, 3.8) is 0 Å². The fraction of sp³-hybridized carbons (Fsp3) is 0.409. The largest absolute Gasteiger partial charge is 0.379 e. The van der Waals surface area contributed by atoms with Crippen LogP contribution in [-0.4, -0.2) is 44.9 Å². The van der Waals surface area contributed by atoms with Crippen LogP contribution in [0.25, 0.3) is 0 Å². The van der Waals surface area contributed by atoms with Gasteiger partial charge in [0.2, 0.25) is 15.9 Å². The average molecular weight is 417 g/mol. The van der Waals surface area contributed by atoms with Gasteiger partial charge in [0.1, 0.15) is 0 Å². The molecule has 0 spiro atoms. The first-order valence-electron chi connectivity index (χ1n) is 9.93. The van der Waals surface area contributed by atoms with Crippen molar-refractivity contribution in [3.05, 3.63) is 59.7 Å². The molecule has 1 fully saturated rings. The molecule has 0 aromatic heterocycles. The fourth-order valence-corrected chi connectivity index (χ4v) is 4.63. The van der Waals surface area contributed by atoms with E-state index in [4.69, 9.17) is 4.74 Å². The summed E-state index contributed by atoms with van der Waals surface area (Å²) in [5.41, 5.74) is 2.91. The first-order chi connectivity index (χ1) is 13.9. The van der Waals surface area contributed by atoms with Gasteiger partial charge in [-0.05, 0) is 47.7 Å². The van der Waals surface area contributed by atoms with E-state index in [1.807, 2.05) is 24.3 Å². The predicted octanol–water partition coefficient (Wildman–Crippen LogP) is 3.40. The molecular formula is C22H28N2O4S. The van der Waals surface area contributed by atoms with Crippen molar-refractivity contribution in [3.8, 4) is 0 Å². The number of hydrogen-bond acceptors (Lipinski definition) is 4. The normalized spacial score (nSPS) is 15.4. The number of aryl methyl sites for hydroxylation is 1. The summed E-state index contributed by atoms with van der Waals surface area (Å²) >= 11 is 0. The van der Waals surface area contributed by atoms with Crippen LogP contribution in [0.1, 0.15) is 37.3 Å². The van der Waals surface area contributed by atoms with E-state index in [0.29, 0.717) is 45.1 Å². The van der Waals surface area contributed by atoms with Gasteiger partial charge in [-0.3, -0.25) is 4.79 Å². The molecule has 0 unspecified atom stereocenters. The molecule has 0 bridgehead atoms. The van der Waals surface area contributed by atoms with E-state index < -0.39 is 10.0 Å². The van der Waals surface area contributed by atoms with Crippen molar-refractivity contribution in [2.75, 3.05) is 31.6 Å². The average Bonchev–Trinajstić information content (AvgIpc) is 2.73. The molecule has 1 amide bonds. The zero-order valence-electron chi connectivity index (χ0n) is 16.9. The van der Waals surface area contributed by atoms with Crippen LogP contribution in [0.4, 0.5) is 5.69 Å². The lowest BCUT2D eigenvalue weighted by molar-refractivity contribution is -0.116. The van der Waals surface area contributed by atoms with Crippen LogP contribution in [0, 0.1) is 0 Å². The molecular weight excluding hydrogens is 388 g/mol. The standard InChI is InChI=1S/C22H28N2O4S/c1-17(2)19-4-3-5-20(16-19)23-22(25)11-8-18-6-9-21(10-7-18)29(26,27)24-12-14-28-15-13-24/h3-7,9-10,16-17H,8,11-15H2,1-2H3,(H,23,25). The number of ether oxygens (including phenoxy) is 1. The van der Waals surface area contributed by atoms with Gasteiger partial charge in [0.25, 0.3) is 0 Å². The van der Waals surface area contributed by atoms with Crippen molar-refractivity contribution in [2.24, 2.45) is 0 Å². The number of anilines is 1. The van der Waals surface area contributed by atoms with Crippen molar-refractivity contribution in [1.29, 1.82) is 0 Å². The van der Waals surface area contributed by atoms with Crippen molar-refractivity contribution >= 4 is 21.6 Å². The smallest absolute Gasteiger partial charge is 0.243 e. The van der Waals surface area contributed by atoms with Crippen LogP contribution >= 0.6 is 0 Å². The Hall–Kier alpha value is -2.22. The summed E-state index contributed by atoms with van der Waals surface area (Å²) in [6, 6.07) is 14.7. The molecule has 2 aromatic carbocycles. The Morgan fingerprint density at radius 3 is 2.45 bits per heavy atom. The van der Waals surface area contributed by atoms with Gasteiger partial charge in [-0.1, -0.05) is 38.1 Å². The third-order valence-corrected chi connectivity index (χ3v) is 6.92. The summed E-state index contributed by atoms with van der Waals surface area (Å²) in [6.45, 7) is 5.83. The number of carbonyl (C=O) groups excluding carboxylic acids is 1. The molecule has 6 nitrogen and oxygen atoms in total. The molecule has 2 aromatic rings. The Balaban J connectivity index is 1.56. The van der Waals surface area contributed by atoms with E-state index >= 15 is 0 Å². The van der Waals surface area contributed by atoms with Crippen LogP contribution < -0.4 is 5.32 Å². The van der Waals surface area contributed by atoms with E-state index in [-0.39, 0.29) is 10.8 Å². The van der Waals surface area contributed by atoms with Gasteiger partial charge in [-0.2, -0.15) is 4.31 Å². The lowest BCUT2D eigenvalue weighted by Crippen LogP contribution is -2.40. The minimum Gasteiger partial charge on any atom is -0.379 e. The Morgan fingerprint density at radius 2 is 1.79 bits per heavy atom. The van der Waals surface area contributed by atoms with Gasteiger partial charge in [-0.25, -0.2) is 8.42 Å². The highest BCUT2D eigenvalue weighted by Crippen LogP contribution is 2.20.